The molecule has 61 heavy (non-hydrogen) atoms. The van der Waals surface area contributed by atoms with Gasteiger partial charge in [-0.2, -0.15) is 11.8 Å². The molecule has 5 atom stereocenters. The standard InChI is InChI=1S/C39H65N11O10S/c1-4-24(3)32-35(57)50-39(23-61-22-27(36(58)59)47-31(54)21-44-29(52)19-45-37(39)60)18-26(34(56)48-25(5-2)33(55)49-32)46-30(53)20-43-28(51)16-14-12-10-8-6-7-9-11-13-15-17-42-38(40)41/h5,24,26-27,32H,4,6-23H2,1-3H3,(H,43,51)(H,44,52)(H,45,60)(H,46,53)(H,47,54)(H,48,56)(H,49,55)(H,50,57)(H,58,59)(H4,40,41,42)/b25-5+/t24-,26?,27?,32-,39?/m0/s1. The third-order valence-electron chi connectivity index (χ3n) is 10.2. The van der Waals surface area contributed by atoms with Crippen molar-refractivity contribution in [2.24, 2.45) is 22.4 Å². The molecule has 2 fully saturated rings. The molecule has 8 amide bonds. The quantitative estimate of drug-likeness (QED) is 0.0305. The third kappa shape index (κ3) is 19.2. The van der Waals surface area contributed by atoms with Crippen LogP contribution in [-0.4, -0.2) is 126 Å². The summed E-state index contributed by atoms with van der Waals surface area (Å²) in [4.78, 5) is 123. The number of thioether (sulfide) groups is 1. The first-order chi connectivity index (χ1) is 29.0. The highest BCUT2D eigenvalue weighted by Crippen LogP contribution is 2.24. The van der Waals surface area contributed by atoms with Gasteiger partial charge in [0.15, 0.2) is 5.96 Å². The first-order valence-corrected chi connectivity index (χ1v) is 22.0. The molecule has 1 spiro atoms. The zero-order valence-corrected chi connectivity index (χ0v) is 36.3. The summed E-state index contributed by atoms with van der Waals surface area (Å²) < 4.78 is 0. The number of aliphatic imine (C=N–C) groups is 1. The Morgan fingerprint density at radius 2 is 1.51 bits per heavy atom. The first kappa shape index (κ1) is 51.7. The number of hydrogen-bond donors (Lipinski definition) is 11. The zero-order valence-electron chi connectivity index (χ0n) is 35.5. The maximum absolute atomic E-state index is 14.2. The second-order valence-electron chi connectivity index (χ2n) is 15.2. The summed E-state index contributed by atoms with van der Waals surface area (Å²) in [7, 11) is 0. The van der Waals surface area contributed by atoms with Crippen molar-refractivity contribution in [3.63, 3.8) is 0 Å². The van der Waals surface area contributed by atoms with Crippen LogP contribution in [0.25, 0.3) is 0 Å². The Kier molecular flexibility index (Phi) is 23.3. The highest BCUT2D eigenvalue weighted by Gasteiger charge is 2.47. The minimum Gasteiger partial charge on any atom is -0.480 e. The molecule has 2 rings (SSSR count). The normalized spacial score (nSPS) is 23.1. The molecule has 22 heteroatoms. The van der Waals surface area contributed by atoms with Crippen LogP contribution in [0.2, 0.25) is 0 Å². The molecule has 2 heterocycles. The van der Waals surface area contributed by atoms with E-state index in [0.29, 0.717) is 19.4 Å². The van der Waals surface area contributed by atoms with E-state index in [9.17, 15) is 48.3 Å². The van der Waals surface area contributed by atoms with Crippen molar-refractivity contribution in [2.75, 3.05) is 37.7 Å². The summed E-state index contributed by atoms with van der Waals surface area (Å²) in [5.41, 5.74) is 8.29. The average molecular weight is 880 g/mol. The summed E-state index contributed by atoms with van der Waals surface area (Å²) in [5.74, 6) is -8.91. The zero-order chi connectivity index (χ0) is 45.4. The highest BCUT2D eigenvalue weighted by molar-refractivity contribution is 7.99. The molecule has 0 aromatic carbocycles. The predicted molar refractivity (Wildman–Crippen MR) is 228 cm³/mol. The number of unbranched alkanes of at least 4 members (excludes halogenated alkanes) is 9. The summed E-state index contributed by atoms with van der Waals surface area (Å²) in [5, 5.41) is 29.6. The van der Waals surface area contributed by atoms with E-state index in [0.717, 1.165) is 69.5 Å². The van der Waals surface area contributed by atoms with Gasteiger partial charge in [0.05, 0.1) is 19.6 Å². The fourth-order valence-corrected chi connectivity index (χ4v) is 7.76. The summed E-state index contributed by atoms with van der Waals surface area (Å²) >= 11 is 0.848. The van der Waals surface area contributed by atoms with Crippen molar-refractivity contribution in [2.45, 2.75) is 128 Å². The largest absolute Gasteiger partial charge is 0.480 e. The Labute approximate surface area is 360 Å². The lowest BCUT2D eigenvalue weighted by Gasteiger charge is -2.37. The highest BCUT2D eigenvalue weighted by atomic mass is 32.2. The number of nitrogens with two attached hydrogens (primary N) is 2. The summed E-state index contributed by atoms with van der Waals surface area (Å²) in [6.07, 6.45) is 11.1. The molecule has 2 aliphatic heterocycles. The topological polar surface area (TPSA) is 334 Å². The van der Waals surface area contributed by atoms with Gasteiger partial charge in [-0.3, -0.25) is 43.3 Å². The van der Waals surface area contributed by atoms with E-state index in [-0.39, 0.29) is 29.7 Å². The number of carboxylic acid groups (broad SMARTS) is 1. The average Bonchev–Trinajstić information content (AvgIpc) is 3.22. The fraction of sp³-hybridized carbons (Fsp3) is 0.692. The van der Waals surface area contributed by atoms with Gasteiger partial charge in [0.2, 0.25) is 41.4 Å². The molecule has 0 aliphatic carbocycles. The molecule has 3 unspecified atom stereocenters. The third-order valence-corrected chi connectivity index (χ3v) is 11.5. The minimum absolute atomic E-state index is 0.111. The van der Waals surface area contributed by atoms with Gasteiger partial charge in [0, 0.05) is 30.9 Å². The van der Waals surface area contributed by atoms with Gasteiger partial charge in [-0.15, -0.1) is 0 Å². The Balaban J connectivity index is 2.23. The van der Waals surface area contributed by atoms with Crippen LogP contribution in [0.3, 0.4) is 0 Å². The number of carbonyl (C=O) groups excluding carboxylic acids is 8. The number of allylic oxidation sites excluding steroid dienone is 1. The number of amides is 8. The molecule has 0 radical (unpaired) electrons. The van der Waals surface area contributed by atoms with Crippen molar-refractivity contribution in [1.82, 2.24) is 42.5 Å². The predicted octanol–water partition coefficient (Wildman–Crippen LogP) is -1.49. The number of carboxylic acids is 1. The molecule has 21 nitrogen and oxygen atoms in total. The van der Waals surface area contributed by atoms with Crippen LogP contribution in [0.4, 0.5) is 0 Å². The maximum atomic E-state index is 14.2. The van der Waals surface area contributed by atoms with Gasteiger partial charge in [0.25, 0.3) is 5.91 Å². The second-order valence-corrected chi connectivity index (χ2v) is 16.3. The minimum atomic E-state index is -2.13. The number of hydrogen-bond acceptors (Lipinski definition) is 11. The van der Waals surface area contributed by atoms with E-state index in [1.54, 1.807) is 13.8 Å². The van der Waals surface area contributed by atoms with Crippen LogP contribution in [0, 0.1) is 5.92 Å². The van der Waals surface area contributed by atoms with E-state index in [4.69, 9.17) is 11.5 Å². The number of aliphatic carboxylic acids is 1. The van der Waals surface area contributed by atoms with Crippen molar-refractivity contribution in [3.8, 4) is 0 Å². The van der Waals surface area contributed by atoms with Crippen LogP contribution < -0.4 is 54.0 Å². The van der Waals surface area contributed by atoms with E-state index >= 15 is 0 Å². The molecule has 0 saturated carbocycles. The van der Waals surface area contributed by atoms with Crippen LogP contribution in [0.5, 0.6) is 0 Å². The monoisotopic (exact) mass is 879 g/mol. The number of guanidine groups is 1. The number of rotatable bonds is 19. The number of carbonyl (C=O) groups is 9. The van der Waals surface area contributed by atoms with Gasteiger partial charge >= 0.3 is 5.97 Å². The Bertz CT molecular complexity index is 1620. The molecule has 13 N–H and O–H groups in total. The van der Waals surface area contributed by atoms with Crippen LogP contribution >= 0.6 is 11.8 Å². The van der Waals surface area contributed by atoms with E-state index in [1.165, 1.54) is 13.0 Å². The van der Waals surface area contributed by atoms with Crippen molar-refractivity contribution >= 4 is 70.9 Å². The SMILES string of the molecule is C/C=C1/NC(=O)C(NC(=O)CNC(=O)CCCCCCCCCCCCN=C(N)N)CC2(CSCC(C(=O)O)NC(=O)CNC(=O)CNC2=O)NC(=O)[C@H]([C@@H](C)CC)NC1=O. The Morgan fingerprint density at radius 3 is 2.11 bits per heavy atom. The Hall–Kier alpha value is -5.41. The lowest BCUT2D eigenvalue weighted by Crippen LogP contribution is -2.67. The maximum Gasteiger partial charge on any atom is 0.327 e. The lowest BCUT2D eigenvalue weighted by atomic mass is 9.89. The summed E-state index contributed by atoms with van der Waals surface area (Å²) in [6.45, 7) is 3.79. The number of nitrogens with zero attached hydrogens (tertiary/aromatic N) is 1. The van der Waals surface area contributed by atoms with Crippen LogP contribution in [0.15, 0.2) is 16.8 Å². The van der Waals surface area contributed by atoms with Gasteiger partial charge in [-0.1, -0.05) is 77.7 Å². The summed E-state index contributed by atoms with van der Waals surface area (Å²) in [6, 6.07) is -4.35. The molecule has 342 valence electrons. The van der Waals surface area contributed by atoms with Gasteiger partial charge in [-0.25, -0.2) is 4.79 Å². The van der Waals surface area contributed by atoms with Gasteiger partial charge in [-0.05, 0) is 25.7 Å². The molecular weight excluding hydrogens is 815 g/mol. The first-order valence-electron chi connectivity index (χ1n) is 20.9. The van der Waals surface area contributed by atoms with Crippen LogP contribution in [0.1, 0.15) is 104 Å². The lowest BCUT2D eigenvalue weighted by molar-refractivity contribution is -0.141. The van der Waals surface area contributed by atoms with Crippen molar-refractivity contribution in [1.29, 1.82) is 0 Å². The molecule has 2 aliphatic rings. The molecular formula is C39H65N11O10S. The molecule has 0 aromatic rings. The Morgan fingerprint density at radius 1 is 0.885 bits per heavy atom. The van der Waals surface area contributed by atoms with Gasteiger partial charge in [0.1, 0.15) is 29.4 Å². The van der Waals surface area contributed by atoms with E-state index in [1.807, 2.05) is 0 Å². The van der Waals surface area contributed by atoms with Crippen LogP contribution in [-0.2, 0) is 43.2 Å². The molecule has 0 aromatic heterocycles. The molecule has 2 saturated heterocycles. The smallest absolute Gasteiger partial charge is 0.327 e. The van der Waals surface area contributed by atoms with Gasteiger partial charge < -0.3 is 59.1 Å². The van der Waals surface area contributed by atoms with Crippen molar-refractivity contribution < 1.29 is 48.3 Å². The molecule has 0 bridgehead atoms. The van der Waals surface area contributed by atoms with E-state index < -0.39 is 109 Å². The second kappa shape index (κ2) is 27.4. The van der Waals surface area contributed by atoms with E-state index in [2.05, 4.69) is 47.5 Å². The van der Waals surface area contributed by atoms with Crippen molar-refractivity contribution in [3.05, 3.63) is 11.8 Å². The number of nitrogens with one attached hydrogen (secondary N) is 8. The fourth-order valence-electron chi connectivity index (χ4n) is 6.51.